The zero-order valence-corrected chi connectivity index (χ0v) is 17.5. The number of nitrogens with zero attached hydrogens (tertiary/aromatic N) is 2. The van der Waals surface area contributed by atoms with Crippen LogP contribution in [0.3, 0.4) is 0 Å². The number of hydrogen-bond donors (Lipinski definition) is 1. The van der Waals surface area contributed by atoms with Gasteiger partial charge in [-0.25, -0.2) is 0 Å². The summed E-state index contributed by atoms with van der Waals surface area (Å²) >= 11 is 6.56. The quantitative estimate of drug-likeness (QED) is 0.563. The van der Waals surface area contributed by atoms with Gasteiger partial charge in [-0.1, -0.05) is 30.0 Å². The fraction of sp³-hybridized carbons (Fsp3) is 0.450. The number of ether oxygens (including phenoxy) is 2. The highest BCUT2D eigenvalue weighted by Gasteiger charge is 2.36. The average Bonchev–Trinajstić information content (AvgIpc) is 3.28. The summed E-state index contributed by atoms with van der Waals surface area (Å²) in [4.78, 5) is 29.4. The number of fused-ring (bicyclic) bond motifs is 1. The first-order valence-electron chi connectivity index (χ1n) is 9.62. The van der Waals surface area contributed by atoms with Gasteiger partial charge in [0.1, 0.15) is 10.9 Å². The number of thiocarbonyl (C=S) groups is 1. The second-order valence-corrected chi connectivity index (χ2v) is 8.81. The summed E-state index contributed by atoms with van der Waals surface area (Å²) in [5.41, 5.74) is 0.806. The van der Waals surface area contributed by atoms with E-state index in [0.717, 1.165) is 24.8 Å². The number of carbonyl (C=O) groups is 2. The number of rotatable bonds is 5. The van der Waals surface area contributed by atoms with E-state index < -0.39 is 0 Å². The van der Waals surface area contributed by atoms with E-state index in [4.69, 9.17) is 21.7 Å². The molecule has 0 radical (unpaired) electrons. The Morgan fingerprint density at radius 1 is 1.31 bits per heavy atom. The van der Waals surface area contributed by atoms with Crippen molar-refractivity contribution in [2.24, 2.45) is 0 Å². The Morgan fingerprint density at radius 3 is 2.97 bits per heavy atom. The van der Waals surface area contributed by atoms with Gasteiger partial charge in [0.25, 0.3) is 5.91 Å². The molecule has 2 fully saturated rings. The van der Waals surface area contributed by atoms with Gasteiger partial charge >= 0.3 is 0 Å². The number of thioether (sulfide) groups is 1. The minimum atomic E-state index is -0.262. The molecular formula is C20H22N2O5S2. The van der Waals surface area contributed by atoms with Crippen LogP contribution < -0.4 is 9.47 Å². The number of likely N-dealkylation sites (tertiary alicyclic amines) is 1. The molecule has 1 aromatic rings. The maximum Gasteiger partial charge on any atom is 0.266 e. The third-order valence-electron chi connectivity index (χ3n) is 5.27. The number of hydrogen-bond acceptors (Lipinski definition) is 7. The lowest BCUT2D eigenvalue weighted by molar-refractivity contribution is -0.138. The van der Waals surface area contributed by atoms with Gasteiger partial charge in [-0.15, -0.1) is 0 Å². The van der Waals surface area contributed by atoms with Crippen molar-refractivity contribution < 1.29 is 24.2 Å². The number of benzene rings is 1. The van der Waals surface area contributed by atoms with E-state index in [-0.39, 0.29) is 37.8 Å². The van der Waals surface area contributed by atoms with Crippen molar-refractivity contribution >= 4 is 46.2 Å². The summed E-state index contributed by atoms with van der Waals surface area (Å²) in [7, 11) is 0. The summed E-state index contributed by atoms with van der Waals surface area (Å²) in [5, 5.41) is 9.27. The molecule has 0 bridgehead atoms. The van der Waals surface area contributed by atoms with Crippen molar-refractivity contribution in [3.63, 3.8) is 0 Å². The van der Waals surface area contributed by atoms with Gasteiger partial charge in [0.05, 0.1) is 4.91 Å². The van der Waals surface area contributed by atoms with Crippen LogP contribution in [0, 0.1) is 0 Å². The van der Waals surface area contributed by atoms with E-state index in [1.54, 1.807) is 17.0 Å². The molecule has 0 saturated carbocycles. The molecule has 2 amide bonds. The van der Waals surface area contributed by atoms with Crippen LogP contribution in [0.1, 0.15) is 31.2 Å². The van der Waals surface area contributed by atoms with Crippen LogP contribution in [0.2, 0.25) is 0 Å². The number of amides is 2. The highest BCUT2D eigenvalue weighted by atomic mass is 32.2. The van der Waals surface area contributed by atoms with Gasteiger partial charge in [0.2, 0.25) is 12.7 Å². The average molecular weight is 435 g/mol. The molecule has 1 unspecified atom stereocenters. The van der Waals surface area contributed by atoms with Gasteiger partial charge in [0, 0.05) is 19.2 Å². The van der Waals surface area contributed by atoms with Crippen LogP contribution in [0.25, 0.3) is 6.08 Å². The van der Waals surface area contributed by atoms with Crippen LogP contribution in [-0.2, 0) is 9.59 Å². The lowest BCUT2D eigenvalue weighted by Crippen LogP contribution is -2.49. The van der Waals surface area contributed by atoms with E-state index in [9.17, 15) is 14.7 Å². The Bertz CT molecular complexity index is 870. The Hall–Kier alpha value is -2.10. The highest BCUT2D eigenvalue weighted by Crippen LogP contribution is 2.36. The van der Waals surface area contributed by atoms with Gasteiger partial charge < -0.3 is 19.5 Å². The molecule has 3 heterocycles. The Balaban J connectivity index is 1.46. The molecule has 3 aliphatic rings. The van der Waals surface area contributed by atoms with Crippen molar-refractivity contribution in [2.45, 2.75) is 31.7 Å². The van der Waals surface area contributed by atoms with E-state index in [0.29, 0.717) is 33.7 Å². The summed E-state index contributed by atoms with van der Waals surface area (Å²) < 4.78 is 11.1. The molecule has 1 N–H and O–H groups in total. The van der Waals surface area contributed by atoms with E-state index >= 15 is 0 Å². The van der Waals surface area contributed by atoms with Crippen LogP contribution in [0.4, 0.5) is 0 Å². The SMILES string of the molecule is O=C1/C(=C/c2ccc3c(c2)OCO3)SC(=S)N1CC(=O)N1CCCCC1CCO. The number of piperidine rings is 1. The minimum Gasteiger partial charge on any atom is -0.454 e. The fourth-order valence-electron chi connectivity index (χ4n) is 3.79. The topological polar surface area (TPSA) is 79.3 Å². The predicted molar refractivity (Wildman–Crippen MR) is 113 cm³/mol. The maximum absolute atomic E-state index is 12.9. The van der Waals surface area contributed by atoms with Crippen LogP contribution in [0.15, 0.2) is 23.1 Å². The van der Waals surface area contributed by atoms with Crippen molar-refractivity contribution in [3.8, 4) is 11.5 Å². The second kappa shape index (κ2) is 8.73. The highest BCUT2D eigenvalue weighted by molar-refractivity contribution is 8.26. The van der Waals surface area contributed by atoms with Gasteiger partial charge in [-0.05, 0) is 49.5 Å². The molecule has 0 spiro atoms. The van der Waals surface area contributed by atoms with Gasteiger partial charge in [-0.3, -0.25) is 14.5 Å². The van der Waals surface area contributed by atoms with E-state index in [2.05, 4.69) is 0 Å². The first kappa shape index (κ1) is 20.2. The number of aliphatic hydroxyl groups is 1. The first-order chi connectivity index (χ1) is 14.1. The third kappa shape index (κ3) is 4.26. The van der Waals surface area contributed by atoms with E-state index in [1.165, 1.54) is 16.7 Å². The monoisotopic (exact) mass is 434 g/mol. The summed E-state index contributed by atoms with van der Waals surface area (Å²) in [5.74, 6) is 0.939. The molecule has 4 rings (SSSR count). The van der Waals surface area contributed by atoms with Crippen molar-refractivity contribution in [3.05, 3.63) is 28.7 Å². The second-order valence-electron chi connectivity index (χ2n) is 7.13. The van der Waals surface area contributed by atoms with Gasteiger partial charge in [-0.2, -0.15) is 0 Å². The number of aliphatic hydroxyl groups excluding tert-OH is 1. The molecule has 1 aromatic carbocycles. The fourth-order valence-corrected chi connectivity index (χ4v) is 5.05. The molecule has 2 saturated heterocycles. The largest absolute Gasteiger partial charge is 0.454 e. The van der Waals surface area contributed by atoms with E-state index in [1.807, 2.05) is 12.1 Å². The molecule has 29 heavy (non-hydrogen) atoms. The van der Waals surface area contributed by atoms with Crippen molar-refractivity contribution in [1.82, 2.24) is 9.80 Å². The Labute approximate surface area is 178 Å². The summed E-state index contributed by atoms with van der Waals surface area (Å²) in [6.45, 7) is 0.834. The molecule has 0 aromatic heterocycles. The van der Waals surface area contributed by atoms with Gasteiger partial charge in [0.15, 0.2) is 11.5 Å². The Kier molecular flexibility index (Phi) is 6.07. The van der Waals surface area contributed by atoms with Crippen LogP contribution in [-0.4, -0.2) is 63.6 Å². The minimum absolute atomic E-state index is 0.0313. The molecular weight excluding hydrogens is 412 g/mol. The number of carbonyl (C=O) groups excluding carboxylic acids is 2. The lowest BCUT2D eigenvalue weighted by atomic mass is 9.99. The standard InChI is InChI=1S/C20H22N2O5S2/c23-8-6-14-3-1-2-7-21(14)18(24)11-22-19(25)17(29-20(22)28)10-13-4-5-15-16(9-13)27-12-26-15/h4-5,9-10,14,23H,1-3,6-8,11-12H2/b17-10-. The maximum atomic E-state index is 12.9. The van der Waals surface area contributed by atoms with Crippen LogP contribution in [0.5, 0.6) is 11.5 Å². The third-order valence-corrected chi connectivity index (χ3v) is 6.65. The lowest BCUT2D eigenvalue weighted by Gasteiger charge is -2.36. The zero-order valence-electron chi connectivity index (χ0n) is 15.8. The normalized spacial score (nSPS) is 22.7. The summed E-state index contributed by atoms with van der Waals surface area (Å²) in [6, 6.07) is 5.49. The molecule has 1 atom stereocenters. The predicted octanol–water partition coefficient (Wildman–Crippen LogP) is 2.38. The van der Waals surface area contributed by atoms with Crippen molar-refractivity contribution in [1.29, 1.82) is 0 Å². The molecule has 9 heteroatoms. The molecule has 0 aliphatic carbocycles. The Morgan fingerprint density at radius 2 is 2.14 bits per heavy atom. The molecule has 7 nitrogen and oxygen atoms in total. The zero-order chi connectivity index (χ0) is 20.4. The van der Waals surface area contributed by atoms with Crippen LogP contribution >= 0.6 is 24.0 Å². The summed E-state index contributed by atoms with van der Waals surface area (Å²) in [6.07, 6.45) is 5.19. The molecule has 3 aliphatic heterocycles. The molecule has 154 valence electrons. The smallest absolute Gasteiger partial charge is 0.266 e. The first-order valence-corrected chi connectivity index (χ1v) is 10.8. The van der Waals surface area contributed by atoms with Crippen molar-refractivity contribution in [2.75, 3.05) is 26.5 Å².